The number of nitrogens with zero attached hydrogens (tertiary/aromatic N) is 3. The lowest BCUT2D eigenvalue weighted by Crippen LogP contribution is -2.32. The minimum Gasteiger partial charge on any atom is -0.388 e. The molecular formula is C26H28N4O4. The number of hydrogen-bond donors (Lipinski definition) is 3. The van der Waals surface area contributed by atoms with Crippen molar-refractivity contribution in [1.29, 1.82) is 0 Å². The van der Waals surface area contributed by atoms with Crippen LogP contribution in [0.2, 0.25) is 0 Å². The van der Waals surface area contributed by atoms with E-state index in [2.05, 4.69) is 4.99 Å². The summed E-state index contributed by atoms with van der Waals surface area (Å²) in [6.45, 7) is 1.83. The highest BCUT2D eigenvalue weighted by Crippen LogP contribution is 2.32. The fraction of sp³-hybridized carbons (Fsp3) is 0.346. The number of fused-ring (bicyclic) bond motifs is 1. The van der Waals surface area contributed by atoms with Crippen LogP contribution in [0.15, 0.2) is 53.0 Å². The fourth-order valence-corrected chi connectivity index (χ4v) is 4.75. The van der Waals surface area contributed by atoms with E-state index >= 15 is 0 Å². The summed E-state index contributed by atoms with van der Waals surface area (Å²) < 4.78 is 0. The van der Waals surface area contributed by atoms with Crippen LogP contribution in [0.5, 0.6) is 0 Å². The molecule has 176 valence electrons. The van der Waals surface area contributed by atoms with Crippen molar-refractivity contribution >= 4 is 29.4 Å². The standard InChI is InChI=1S/C26H28N4O4/c27-24-13-20(26(34)30-14-22(31)23(32)15-30)11-19-8-7-18(12-21(19)28-24)16-3-5-17(6-4-16)25(33)29-9-1-2-10-29/h3-8,11-12,22-23,31-32H,1-2,9-10,13-15H2,(H2,27,28)/t22-,23-/m0/s1. The van der Waals surface area contributed by atoms with E-state index in [9.17, 15) is 19.8 Å². The van der Waals surface area contributed by atoms with Gasteiger partial charge in [-0.05, 0) is 48.2 Å². The quantitative estimate of drug-likeness (QED) is 0.647. The summed E-state index contributed by atoms with van der Waals surface area (Å²) in [5, 5.41) is 19.6. The number of benzene rings is 2. The largest absolute Gasteiger partial charge is 0.388 e. The Bertz CT molecular complexity index is 1170. The molecule has 2 aromatic rings. The van der Waals surface area contributed by atoms with E-state index in [1.165, 1.54) is 4.90 Å². The van der Waals surface area contributed by atoms with Crippen LogP contribution < -0.4 is 5.73 Å². The Morgan fingerprint density at radius 2 is 1.53 bits per heavy atom. The summed E-state index contributed by atoms with van der Waals surface area (Å²) in [7, 11) is 0. The highest BCUT2D eigenvalue weighted by Gasteiger charge is 2.34. The molecule has 0 radical (unpaired) electrons. The van der Waals surface area contributed by atoms with Crippen molar-refractivity contribution in [3.8, 4) is 11.1 Å². The number of aliphatic hydroxyl groups excluding tert-OH is 2. The third-order valence-electron chi connectivity index (χ3n) is 6.68. The maximum atomic E-state index is 13.0. The molecule has 5 rings (SSSR count). The van der Waals surface area contributed by atoms with Gasteiger partial charge in [-0.1, -0.05) is 24.3 Å². The molecule has 2 amide bonds. The lowest BCUT2D eigenvalue weighted by Gasteiger charge is -2.17. The van der Waals surface area contributed by atoms with Crippen LogP contribution in [-0.4, -0.2) is 76.0 Å². The van der Waals surface area contributed by atoms with Gasteiger partial charge in [-0.15, -0.1) is 0 Å². The summed E-state index contributed by atoms with van der Waals surface area (Å²) in [5.74, 6) is 0.134. The van der Waals surface area contributed by atoms with E-state index < -0.39 is 12.2 Å². The Morgan fingerprint density at radius 1 is 0.882 bits per heavy atom. The van der Waals surface area contributed by atoms with Crippen LogP contribution in [0.25, 0.3) is 17.2 Å². The number of nitrogens with two attached hydrogens (primary N) is 1. The van der Waals surface area contributed by atoms with Crippen LogP contribution >= 0.6 is 0 Å². The monoisotopic (exact) mass is 460 g/mol. The predicted molar refractivity (Wildman–Crippen MR) is 129 cm³/mol. The molecule has 0 spiro atoms. The first-order valence-electron chi connectivity index (χ1n) is 11.6. The van der Waals surface area contributed by atoms with Gasteiger partial charge in [-0.2, -0.15) is 0 Å². The molecule has 2 saturated heterocycles. The number of amidine groups is 1. The molecule has 0 saturated carbocycles. The molecule has 0 aliphatic carbocycles. The Morgan fingerprint density at radius 3 is 2.21 bits per heavy atom. The van der Waals surface area contributed by atoms with Gasteiger partial charge >= 0.3 is 0 Å². The van der Waals surface area contributed by atoms with Gasteiger partial charge in [0.1, 0.15) is 5.84 Å². The highest BCUT2D eigenvalue weighted by molar-refractivity contribution is 6.05. The lowest BCUT2D eigenvalue weighted by atomic mass is 10.00. The zero-order chi connectivity index (χ0) is 23.8. The number of hydrogen-bond acceptors (Lipinski definition) is 6. The molecular weight excluding hydrogens is 432 g/mol. The van der Waals surface area contributed by atoms with Crippen molar-refractivity contribution in [3.63, 3.8) is 0 Å². The molecule has 0 bridgehead atoms. The summed E-state index contributed by atoms with van der Waals surface area (Å²) >= 11 is 0. The number of β-amino-alcohol motifs (C(OH)–C–C–N with tert-alkyl or cyclic N) is 2. The van der Waals surface area contributed by atoms with E-state index in [-0.39, 0.29) is 31.3 Å². The zero-order valence-corrected chi connectivity index (χ0v) is 18.9. The number of carbonyl (C=O) groups excluding carboxylic acids is 2. The second-order valence-corrected chi connectivity index (χ2v) is 9.14. The van der Waals surface area contributed by atoms with Gasteiger partial charge < -0.3 is 25.7 Å². The SMILES string of the molecule is NC1=Nc2cc(-c3ccc(C(=O)N4CCCC4)cc3)ccc2C=C(C(=O)N2C[C@H](O)[C@@H](O)C2)C1. The van der Waals surface area contributed by atoms with E-state index in [0.717, 1.165) is 42.6 Å². The third kappa shape index (κ3) is 4.34. The van der Waals surface area contributed by atoms with Crippen molar-refractivity contribution in [2.45, 2.75) is 31.5 Å². The van der Waals surface area contributed by atoms with Crippen molar-refractivity contribution in [2.24, 2.45) is 10.7 Å². The van der Waals surface area contributed by atoms with Gasteiger partial charge in [-0.25, -0.2) is 4.99 Å². The molecule has 2 aromatic carbocycles. The topological polar surface area (TPSA) is 119 Å². The lowest BCUT2D eigenvalue weighted by molar-refractivity contribution is -0.126. The molecule has 0 unspecified atom stereocenters. The Labute approximate surface area is 198 Å². The summed E-state index contributed by atoms with van der Waals surface area (Å²) in [4.78, 5) is 33.4. The molecule has 34 heavy (non-hydrogen) atoms. The first kappa shape index (κ1) is 22.3. The molecule has 2 atom stereocenters. The molecule has 3 aliphatic rings. The van der Waals surface area contributed by atoms with E-state index in [1.54, 1.807) is 6.08 Å². The molecule has 3 heterocycles. The zero-order valence-electron chi connectivity index (χ0n) is 18.9. The van der Waals surface area contributed by atoms with Crippen LogP contribution in [0.3, 0.4) is 0 Å². The van der Waals surface area contributed by atoms with Gasteiger partial charge in [-0.3, -0.25) is 9.59 Å². The van der Waals surface area contributed by atoms with Crippen molar-refractivity contribution in [1.82, 2.24) is 9.80 Å². The summed E-state index contributed by atoms with van der Waals surface area (Å²) in [6.07, 6.45) is 2.22. The van der Waals surface area contributed by atoms with Crippen LogP contribution in [0.4, 0.5) is 5.69 Å². The van der Waals surface area contributed by atoms with Gasteiger partial charge in [0, 0.05) is 49.3 Å². The van der Waals surface area contributed by atoms with Crippen molar-refractivity contribution in [2.75, 3.05) is 26.2 Å². The Hall–Kier alpha value is -3.49. The number of aliphatic imine (C=N–C) groups is 1. The second kappa shape index (κ2) is 9.04. The molecule has 8 nitrogen and oxygen atoms in total. The maximum absolute atomic E-state index is 13.0. The van der Waals surface area contributed by atoms with E-state index in [4.69, 9.17) is 5.73 Å². The first-order valence-corrected chi connectivity index (χ1v) is 11.6. The number of rotatable bonds is 3. The normalized spacial score (nSPS) is 22.2. The highest BCUT2D eigenvalue weighted by atomic mass is 16.3. The molecule has 4 N–H and O–H groups in total. The number of amides is 2. The van der Waals surface area contributed by atoms with Gasteiger partial charge in [0.2, 0.25) is 5.91 Å². The van der Waals surface area contributed by atoms with E-state index in [0.29, 0.717) is 22.7 Å². The number of likely N-dealkylation sites (tertiary alicyclic amines) is 2. The fourth-order valence-electron chi connectivity index (χ4n) is 4.75. The van der Waals surface area contributed by atoms with E-state index in [1.807, 2.05) is 47.4 Å². The predicted octanol–water partition coefficient (Wildman–Crippen LogP) is 1.93. The van der Waals surface area contributed by atoms with Crippen molar-refractivity contribution in [3.05, 3.63) is 59.2 Å². The molecule has 0 aromatic heterocycles. The second-order valence-electron chi connectivity index (χ2n) is 9.14. The summed E-state index contributed by atoms with van der Waals surface area (Å²) in [6, 6.07) is 13.4. The molecule has 3 aliphatic heterocycles. The minimum absolute atomic E-state index is 0.0729. The van der Waals surface area contributed by atoms with Crippen LogP contribution in [-0.2, 0) is 4.79 Å². The third-order valence-corrected chi connectivity index (χ3v) is 6.68. The van der Waals surface area contributed by atoms with Gasteiger partial charge in [0.05, 0.1) is 17.9 Å². The Kier molecular flexibility index (Phi) is 5.93. The van der Waals surface area contributed by atoms with Crippen LogP contribution in [0.1, 0.15) is 35.2 Å². The maximum Gasteiger partial charge on any atom is 0.253 e. The summed E-state index contributed by atoms with van der Waals surface area (Å²) in [5.41, 5.74) is 10.6. The number of aliphatic hydroxyl groups is 2. The molecule has 2 fully saturated rings. The average Bonchev–Trinajstić information content (AvgIpc) is 3.45. The van der Waals surface area contributed by atoms with Crippen molar-refractivity contribution < 1.29 is 19.8 Å². The first-order chi connectivity index (χ1) is 16.4. The average molecular weight is 461 g/mol. The van der Waals surface area contributed by atoms with Gasteiger partial charge in [0.15, 0.2) is 0 Å². The smallest absolute Gasteiger partial charge is 0.253 e. The van der Waals surface area contributed by atoms with Crippen LogP contribution in [0, 0.1) is 0 Å². The van der Waals surface area contributed by atoms with Gasteiger partial charge in [0.25, 0.3) is 5.91 Å². The Balaban J connectivity index is 1.39. The number of carbonyl (C=O) groups is 2. The minimum atomic E-state index is -0.937. The molecule has 8 heteroatoms.